The standard InChI is InChI=1S/C14H16ClN3O/c1-2-19-9-8-11-12(10-6-4-3-5-7-10)17-14(16)18-13(11)15/h3-7H,2,8-9H2,1H3,(H2,16,17,18). The van der Waals surface area contributed by atoms with E-state index in [-0.39, 0.29) is 5.95 Å². The van der Waals surface area contributed by atoms with Crippen molar-refractivity contribution >= 4 is 17.5 Å². The zero-order valence-corrected chi connectivity index (χ0v) is 11.5. The van der Waals surface area contributed by atoms with Crippen LogP contribution in [0, 0.1) is 0 Å². The van der Waals surface area contributed by atoms with Gasteiger partial charge in [-0.3, -0.25) is 0 Å². The summed E-state index contributed by atoms with van der Waals surface area (Å²) < 4.78 is 5.37. The molecular weight excluding hydrogens is 262 g/mol. The normalized spacial score (nSPS) is 10.6. The molecule has 2 N–H and O–H groups in total. The largest absolute Gasteiger partial charge is 0.381 e. The van der Waals surface area contributed by atoms with Crippen LogP contribution in [0.5, 0.6) is 0 Å². The van der Waals surface area contributed by atoms with Gasteiger partial charge in [0.25, 0.3) is 0 Å². The van der Waals surface area contributed by atoms with E-state index in [4.69, 9.17) is 22.1 Å². The van der Waals surface area contributed by atoms with Gasteiger partial charge in [-0.15, -0.1) is 0 Å². The lowest BCUT2D eigenvalue weighted by Gasteiger charge is -2.11. The van der Waals surface area contributed by atoms with Crippen molar-refractivity contribution in [2.45, 2.75) is 13.3 Å². The Hall–Kier alpha value is -1.65. The highest BCUT2D eigenvalue weighted by Gasteiger charge is 2.13. The van der Waals surface area contributed by atoms with Crippen molar-refractivity contribution in [2.75, 3.05) is 18.9 Å². The van der Waals surface area contributed by atoms with E-state index >= 15 is 0 Å². The third kappa shape index (κ3) is 3.43. The number of halogens is 1. The number of hydrogen-bond donors (Lipinski definition) is 1. The van der Waals surface area contributed by atoms with Crippen LogP contribution in [0.1, 0.15) is 12.5 Å². The molecule has 4 nitrogen and oxygen atoms in total. The molecule has 0 atom stereocenters. The Balaban J connectivity index is 2.40. The Bertz CT molecular complexity index is 546. The lowest BCUT2D eigenvalue weighted by Crippen LogP contribution is -2.06. The monoisotopic (exact) mass is 277 g/mol. The fourth-order valence-electron chi connectivity index (χ4n) is 1.85. The van der Waals surface area contributed by atoms with Gasteiger partial charge >= 0.3 is 0 Å². The predicted octanol–water partition coefficient (Wildman–Crippen LogP) is 2.96. The molecule has 1 aromatic carbocycles. The van der Waals surface area contributed by atoms with Crippen molar-refractivity contribution in [3.05, 3.63) is 41.0 Å². The summed E-state index contributed by atoms with van der Waals surface area (Å²) >= 11 is 6.18. The smallest absolute Gasteiger partial charge is 0.222 e. The Labute approximate surface area is 117 Å². The predicted molar refractivity (Wildman–Crippen MR) is 77.1 cm³/mol. The summed E-state index contributed by atoms with van der Waals surface area (Å²) in [5.41, 5.74) is 8.31. The molecule has 0 saturated heterocycles. The van der Waals surface area contributed by atoms with Gasteiger partial charge in [0.15, 0.2) is 0 Å². The summed E-state index contributed by atoms with van der Waals surface area (Å²) in [7, 11) is 0. The Morgan fingerprint density at radius 3 is 2.63 bits per heavy atom. The summed E-state index contributed by atoms with van der Waals surface area (Å²) in [6, 6.07) is 9.81. The minimum atomic E-state index is 0.184. The third-order valence-corrected chi connectivity index (χ3v) is 3.03. The molecule has 100 valence electrons. The van der Waals surface area contributed by atoms with Crippen molar-refractivity contribution in [3.8, 4) is 11.3 Å². The van der Waals surface area contributed by atoms with E-state index in [1.807, 2.05) is 37.3 Å². The lowest BCUT2D eigenvalue weighted by atomic mass is 10.1. The zero-order valence-electron chi connectivity index (χ0n) is 10.8. The lowest BCUT2D eigenvalue weighted by molar-refractivity contribution is 0.151. The maximum Gasteiger partial charge on any atom is 0.222 e. The maximum absolute atomic E-state index is 6.18. The number of benzene rings is 1. The number of nitrogens with two attached hydrogens (primary N) is 1. The minimum absolute atomic E-state index is 0.184. The molecule has 1 aromatic heterocycles. The first-order chi connectivity index (χ1) is 9.22. The van der Waals surface area contributed by atoms with Crippen molar-refractivity contribution in [2.24, 2.45) is 0 Å². The molecule has 0 saturated carbocycles. The van der Waals surface area contributed by atoms with Crippen LogP contribution < -0.4 is 5.73 Å². The molecule has 0 fully saturated rings. The van der Waals surface area contributed by atoms with Crippen LogP contribution in [0.4, 0.5) is 5.95 Å². The molecule has 2 rings (SSSR count). The Kier molecular flexibility index (Phi) is 4.71. The minimum Gasteiger partial charge on any atom is -0.381 e. The SMILES string of the molecule is CCOCCc1c(Cl)nc(N)nc1-c1ccccc1. The van der Waals surface area contributed by atoms with E-state index in [2.05, 4.69) is 9.97 Å². The number of aromatic nitrogens is 2. The van der Waals surface area contributed by atoms with Crippen molar-refractivity contribution < 1.29 is 4.74 Å². The van der Waals surface area contributed by atoms with Crippen LogP contribution in [-0.4, -0.2) is 23.2 Å². The summed E-state index contributed by atoms with van der Waals surface area (Å²) in [5, 5.41) is 0.394. The second-order valence-corrected chi connectivity index (χ2v) is 4.37. The quantitative estimate of drug-likeness (QED) is 0.674. The van der Waals surface area contributed by atoms with Gasteiger partial charge in [0.2, 0.25) is 5.95 Å². The molecule has 2 aromatic rings. The van der Waals surface area contributed by atoms with Gasteiger partial charge in [0, 0.05) is 24.2 Å². The molecule has 0 unspecified atom stereocenters. The summed E-state index contributed by atoms with van der Waals surface area (Å²) in [6.45, 7) is 3.22. The maximum atomic E-state index is 6.18. The second-order valence-electron chi connectivity index (χ2n) is 4.01. The van der Waals surface area contributed by atoms with E-state index in [9.17, 15) is 0 Å². The second kappa shape index (κ2) is 6.50. The molecule has 1 heterocycles. The van der Waals surface area contributed by atoms with Gasteiger partial charge in [0.1, 0.15) is 5.15 Å². The Morgan fingerprint density at radius 2 is 1.95 bits per heavy atom. The van der Waals surface area contributed by atoms with Gasteiger partial charge in [-0.2, -0.15) is 0 Å². The molecular formula is C14H16ClN3O. The molecule has 0 aliphatic heterocycles. The number of nitrogen functional groups attached to an aromatic ring is 1. The average Bonchev–Trinajstić information content (AvgIpc) is 2.42. The van der Waals surface area contributed by atoms with E-state index < -0.39 is 0 Å². The highest BCUT2D eigenvalue weighted by Crippen LogP contribution is 2.27. The first-order valence-corrected chi connectivity index (χ1v) is 6.55. The van der Waals surface area contributed by atoms with Crippen LogP contribution in [0.25, 0.3) is 11.3 Å². The summed E-state index contributed by atoms with van der Waals surface area (Å²) in [5.74, 6) is 0.184. The van der Waals surface area contributed by atoms with Crippen LogP contribution in [0.15, 0.2) is 30.3 Å². The van der Waals surface area contributed by atoms with Crippen molar-refractivity contribution in [1.82, 2.24) is 9.97 Å². The van der Waals surface area contributed by atoms with E-state index in [0.29, 0.717) is 24.8 Å². The van der Waals surface area contributed by atoms with Crippen molar-refractivity contribution in [1.29, 1.82) is 0 Å². The van der Waals surface area contributed by atoms with Crippen LogP contribution in [0.2, 0.25) is 5.15 Å². The van der Waals surface area contributed by atoms with Crippen molar-refractivity contribution in [3.63, 3.8) is 0 Å². The fourth-order valence-corrected chi connectivity index (χ4v) is 2.12. The molecule has 5 heteroatoms. The van der Waals surface area contributed by atoms with E-state index in [1.54, 1.807) is 0 Å². The number of nitrogens with zero attached hydrogens (tertiary/aromatic N) is 2. The summed E-state index contributed by atoms with van der Waals surface area (Å²) in [6.07, 6.45) is 0.664. The first-order valence-electron chi connectivity index (χ1n) is 6.17. The van der Waals surface area contributed by atoms with Gasteiger partial charge < -0.3 is 10.5 Å². The molecule has 0 aliphatic rings. The molecule has 0 aliphatic carbocycles. The van der Waals surface area contributed by atoms with Gasteiger partial charge in [-0.25, -0.2) is 9.97 Å². The van der Waals surface area contributed by atoms with Crippen LogP contribution in [0.3, 0.4) is 0 Å². The summed E-state index contributed by atoms with van der Waals surface area (Å²) in [4.78, 5) is 8.32. The molecule has 0 bridgehead atoms. The van der Waals surface area contributed by atoms with Gasteiger partial charge in [0.05, 0.1) is 12.3 Å². The Morgan fingerprint density at radius 1 is 1.21 bits per heavy atom. The first kappa shape index (κ1) is 13.8. The van der Waals surface area contributed by atoms with E-state index in [1.165, 1.54) is 0 Å². The highest BCUT2D eigenvalue weighted by molar-refractivity contribution is 6.30. The highest BCUT2D eigenvalue weighted by atomic mass is 35.5. The van der Waals surface area contributed by atoms with Crippen LogP contribution >= 0.6 is 11.6 Å². The van der Waals surface area contributed by atoms with Crippen LogP contribution in [-0.2, 0) is 11.2 Å². The number of anilines is 1. The van der Waals surface area contributed by atoms with Gasteiger partial charge in [-0.05, 0) is 6.92 Å². The molecule has 0 spiro atoms. The fraction of sp³-hybridized carbons (Fsp3) is 0.286. The topological polar surface area (TPSA) is 61.0 Å². The molecule has 19 heavy (non-hydrogen) atoms. The number of ether oxygens (including phenoxy) is 1. The number of rotatable bonds is 5. The third-order valence-electron chi connectivity index (χ3n) is 2.72. The average molecular weight is 278 g/mol. The van der Waals surface area contributed by atoms with E-state index in [0.717, 1.165) is 16.8 Å². The number of hydrogen-bond acceptors (Lipinski definition) is 4. The molecule has 0 radical (unpaired) electrons. The van der Waals surface area contributed by atoms with Gasteiger partial charge in [-0.1, -0.05) is 41.9 Å². The zero-order chi connectivity index (χ0) is 13.7. The molecule has 0 amide bonds.